The maximum absolute atomic E-state index is 5.42. The Labute approximate surface area is 54.3 Å². The Balaban J connectivity index is 3.89. The average Bonchev–Trinajstić information content (AvgIpc) is 1.65. The fraction of sp³-hybridized carbons (Fsp3) is 0.600. The summed E-state index contributed by atoms with van der Waals surface area (Å²) >= 11 is 5.42. The van der Waals surface area contributed by atoms with Gasteiger partial charge in [0.15, 0.2) is 0 Å². The summed E-state index contributed by atoms with van der Waals surface area (Å²) in [5.41, 5.74) is 0.917. The molecule has 0 aromatic rings. The van der Waals surface area contributed by atoms with Crippen molar-refractivity contribution in [1.29, 1.82) is 0 Å². The molecule has 0 aromatic carbocycles. The zero-order valence-corrected chi connectivity index (χ0v) is 6.03. The lowest BCUT2D eigenvalue weighted by Gasteiger charge is -1.85. The van der Waals surface area contributed by atoms with Crippen molar-refractivity contribution in [2.24, 2.45) is 9.98 Å². The lowest BCUT2D eigenvalue weighted by Crippen LogP contribution is -1.86. The summed E-state index contributed by atoms with van der Waals surface area (Å²) in [7, 11) is 1.61. The van der Waals surface area contributed by atoms with Crippen molar-refractivity contribution in [1.82, 2.24) is 0 Å². The third kappa shape index (κ3) is 3.81. The summed E-state index contributed by atoms with van der Waals surface area (Å²) in [4.78, 5) is 7.45. The summed E-state index contributed by atoms with van der Waals surface area (Å²) in [5.74, 6) is 0. The molecule has 0 unspecified atom stereocenters. The van der Waals surface area contributed by atoms with Crippen LogP contribution >= 0.6 is 11.6 Å². The van der Waals surface area contributed by atoms with Gasteiger partial charge < -0.3 is 0 Å². The molecule has 0 heterocycles. The van der Waals surface area contributed by atoms with Crippen LogP contribution in [0.15, 0.2) is 9.98 Å². The SMILES string of the molecule is CN=C(Cl)N=C(C)C. The molecule has 0 aliphatic carbocycles. The van der Waals surface area contributed by atoms with Crippen LogP contribution in [0.5, 0.6) is 0 Å². The predicted octanol–water partition coefficient (Wildman–Crippen LogP) is 1.69. The molecule has 0 aliphatic rings. The molecule has 0 aliphatic heterocycles. The van der Waals surface area contributed by atoms with Crippen LogP contribution in [0.2, 0.25) is 0 Å². The summed E-state index contributed by atoms with van der Waals surface area (Å²) < 4.78 is 0. The first kappa shape index (κ1) is 7.63. The first-order chi connectivity index (χ1) is 3.66. The third-order valence-corrected chi connectivity index (χ3v) is 0.754. The average molecular weight is 133 g/mol. The van der Waals surface area contributed by atoms with Crippen LogP contribution in [-0.2, 0) is 0 Å². The van der Waals surface area contributed by atoms with Crippen molar-refractivity contribution >= 4 is 22.6 Å². The van der Waals surface area contributed by atoms with Gasteiger partial charge in [-0.1, -0.05) is 0 Å². The predicted molar refractivity (Wildman–Crippen MR) is 38.0 cm³/mol. The molecule has 0 bridgehead atoms. The van der Waals surface area contributed by atoms with Crippen LogP contribution in [0.3, 0.4) is 0 Å². The molecular weight excluding hydrogens is 124 g/mol. The van der Waals surface area contributed by atoms with E-state index >= 15 is 0 Å². The lowest BCUT2D eigenvalue weighted by molar-refractivity contribution is 1.42. The fourth-order valence-electron chi connectivity index (χ4n) is 0.235. The normalized spacial score (nSPS) is 11.2. The van der Waals surface area contributed by atoms with Crippen LogP contribution < -0.4 is 0 Å². The number of aliphatic imine (C=N–C) groups is 2. The van der Waals surface area contributed by atoms with Gasteiger partial charge in [0.25, 0.3) is 0 Å². The van der Waals surface area contributed by atoms with Crippen molar-refractivity contribution in [2.45, 2.75) is 13.8 Å². The maximum atomic E-state index is 5.42. The molecule has 0 saturated carbocycles. The van der Waals surface area contributed by atoms with Crippen molar-refractivity contribution in [3.63, 3.8) is 0 Å². The maximum Gasteiger partial charge on any atom is 0.217 e. The monoisotopic (exact) mass is 132 g/mol. The highest BCUT2D eigenvalue weighted by Gasteiger charge is 1.82. The topological polar surface area (TPSA) is 24.7 Å². The molecule has 0 atom stereocenters. The first-order valence-corrected chi connectivity index (χ1v) is 2.68. The van der Waals surface area contributed by atoms with Gasteiger partial charge in [0.2, 0.25) is 5.29 Å². The zero-order chi connectivity index (χ0) is 6.57. The van der Waals surface area contributed by atoms with Crippen LogP contribution in [0, 0.1) is 0 Å². The highest BCUT2D eigenvalue weighted by molar-refractivity contribution is 6.65. The van der Waals surface area contributed by atoms with Crippen molar-refractivity contribution in [2.75, 3.05) is 7.05 Å². The lowest BCUT2D eigenvalue weighted by atomic mass is 10.5. The van der Waals surface area contributed by atoms with E-state index in [1.807, 2.05) is 13.8 Å². The number of amidine groups is 1. The molecule has 0 amide bonds. The van der Waals surface area contributed by atoms with Gasteiger partial charge in [-0.3, -0.25) is 4.99 Å². The Kier molecular flexibility index (Phi) is 3.44. The second-order valence-corrected chi connectivity index (χ2v) is 1.89. The molecular formula is C5H9ClN2. The number of hydrogen-bond acceptors (Lipinski definition) is 1. The Morgan fingerprint density at radius 1 is 1.38 bits per heavy atom. The van der Waals surface area contributed by atoms with E-state index in [9.17, 15) is 0 Å². The van der Waals surface area contributed by atoms with Gasteiger partial charge in [-0.05, 0) is 25.4 Å². The Hall–Kier alpha value is -0.370. The summed E-state index contributed by atoms with van der Waals surface area (Å²) in [6.07, 6.45) is 0. The molecule has 0 saturated heterocycles. The van der Waals surface area contributed by atoms with Crippen molar-refractivity contribution in [3.8, 4) is 0 Å². The molecule has 0 rings (SSSR count). The Morgan fingerprint density at radius 2 is 1.88 bits per heavy atom. The van der Waals surface area contributed by atoms with Gasteiger partial charge in [0.05, 0.1) is 0 Å². The van der Waals surface area contributed by atoms with Gasteiger partial charge in [0, 0.05) is 12.8 Å². The summed E-state index contributed by atoms with van der Waals surface area (Å²) in [6, 6.07) is 0. The molecule has 2 nitrogen and oxygen atoms in total. The molecule has 0 radical (unpaired) electrons. The highest BCUT2D eigenvalue weighted by Crippen LogP contribution is 1.86. The van der Waals surface area contributed by atoms with Gasteiger partial charge in [-0.2, -0.15) is 0 Å². The minimum Gasteiger partial charge on any atom is -0.260 e. The van der Waals surface area contributed by atoms with E-state index in [0.717, 1.165) is 5.71 Å². The quantitative estimate of drug-likeness (QED) is 0.272. The number of rotatable bonds is 0. The van der Waals surface area contributed by atoms with Crippen LogP contribution in [0.25, 0.3) is 0 Å². The standard InChI is InChI=1S/C5H9ClN2/c1-4(2)8-5(6)7-3/h1-3H3. The van der Waals surface area contributed by atoms with Gasteiger partial charge in [-0.25, -0.2) is 4.99 Å². The molecule has 0 aromatic heterocycles. The molecule has 0 N–H and O–H groups in total. The molecule has 8 heavy (non-hydrogen) atoms. The van der Waals surface area contributed by atoms with Crippen LogP contribution in [0.1, 0.15) is 13.8 Å². The third-order valence-electron chi connectivity index (χ3n) is 0.500. The summed E-state index contributed by atoms with van der Waals surface area (Å²) in [6.45, 7) is 3.74. The smallest absolute Gasteiger partial charge is 0.217 e. The van der Waals surface area contributed by atoms with Gasteiger partial charge >= 0.3 is 0 Å². The van der Waals surface area contributed by atoms with E-state index < -0.39 is 0 Å². The molecule has 0 fully saturated rings. The zero-order valence-electron chi connectivity index (χ0n) is 5.27. The Bertz CT molecular complexity index is 122. The number of nitrogens with zero attached hydrogens (tertiary/aromatic N) is 2. The van der Waals surface area contributed by atoms with Gasteiger partial charge in [-0.15, -0.1) is 0 Å². The Morgan fingerprint density at radius 3 is 2.00 bits per heavy atom. The second-order valence-electron chi connectivity index (χ2n) is 1.55. The van der Waals surface area contributed by atoms with E-state index in [0.29, 0.717) is 5.29 Å². The van der Waals surface area contributed by atoms with Crippen LogP contribution in [0.4, 0.5) is 0 Å². The van der Waals surface area contributed by atoms with Gasteiger partial charge in [0.1, 0.15) is 0 Å². The molecule has 0 spiro atoms. The minimum atomic E-state index is 0.310. The van der Waals surface area contributed by atoms with E-state index in [1.54, 1.807) is 7.05 Å². The summed E-state index contributed by atoms with van der Waals surface area (Å²) in [5, 5.41) is 0.310. The minimum absolute atomic E-state index is 0.310. The largest absolute Gasteiger partial charge is 0.260 e. The number of hydrogen-bond donors (Lipinski definition) is 0. The first-order valence-electron chi connectivity index (χ1n) is 2.31. The highest BCUT2D eigenvalue weighted by atomic mass is 35.5. The van der Waals surface area contributed by atoms with Crippen molar-refractivity contribution < 1.29 is 0 Å². The van der Waals surface area contributed by atoms with E-state index in [4.69, 9.17) is 11.6 Å². The van der Waals surface area contributed by atoms with E-state index in [-0.39, 0.29) is 0 Å². The number of halogens is 1. The van der Waals surface area contributed by atoms with E-state index in [2.05, 4.69) is 9.98 Å². The molecule has 3 heteroatoms. The fourth-order valence-corrected chi connectivity index (χ4v) is 0.404. The molecule has 46 valence electrons. The second kappa shape index (κ2) is 3.61. The van der Waals surface area contributed by atoms with Crippen LogP contribution in [-0.4, -0.2) is 18.1 Å². The van der Waals surface area contributed by atoms with Crippen molar-refractivity contribution in [3.05, 3.63) is 0 Å². The van der Waals surface area contributed by atoms with E-state index in [1.165, 1.54) is 0 Å².